The third kappa shape index (κ3) is 3.32. The minimum Gasteiger partial charge on any atom is -0.478 e. The average molecular weight is 262 g/mol. The molecule has 1 aromatic carbocycles. The molecule has 1 amide bonds. The Hall–Kier alpha value is -1.88. The average Bonchev–Trinajstić information content (AvgIpc) is 2.83. The summed E-state index contributed by atoms with van der Waals surface area (Å²) in [5.74, 6) is -0.862. The standard InChI is InChI=1S/C14H18N2O3/c1-9-12(6-7-15-9)13(17)16-8-10-2-4-11(5-3-10)14(18)19/h2-5,9,12,15H,6-8H2,1H3,(H,16,17)(H,18,19). The molecule has 0 saturated carbocycles. The fourth-order valence-corrected chi connectivity index (χ4v) is 2.30. The van der Waals surface area contributed by atoms with Crippen molar-refractivity contribution in [1.29, 1.82) is 0 Å². The van der Waals surface area contributed by atoms with Gasteiger partial charge in [0.2, 0.25) is 5.91 Å². The Morgan fingerprint density at radius 3 is 2.58 bits per heavy atom. The Labute approximate surface area is 112 Å². The second-order valence-corrected chi connectivity index (χ2v) is 4.86. The Kier molecular flexibility index (Phi) is 4.16. The monoisotopic (exact) mass is 262 g/mol. The summed E-state index contributed by atoms with van der Waals surface area (Å²) in [5.41, 5.74) is 1.15. The zero-order chi connectivity index (χ0) is 13.8. The molecule has 1 saturated heterocycles. The molecular formula is C14H18N2O3. The largest absolute Gasteiger partial charge is 0.478 e. The lowest BCUT2D eigenvalue weighted by Crippen LogP contribution is -2.36. The van der Waals surface area contributed by atoms with E-state index < -0.39 is 5.97 Å². The Bertz CT molecular complexity index is 470. The third-order valence-electron chi connectivity index (χ3n) is 3.53. The molecule has 0 aliphatic carbocycles. The molecule has 2 unspecified atom stereocenters. The number of rotatable bonds is 4. The molecule has 19 heavy (non-hydrogen) atoms. The van der Waals surface area contributed by atoms with Gasteiger partial charge in [-0.15, -0.1) is 0 Å². The molecule has 2 rings (SSSR count). The first-order chi connectivity index (χ1) is 9.08. The smallest absolute Gasteiger partial charge is 0.335 e. The highest BCUT2D eigenvalue weighted by Crippen LogP contribution is 2.15. The SMILES string of the molecule is CC1NCCC1C(=O)NCc1ccc(C(=O)O)cc1. The molecule has 1 aliphatic heterocycles. The molecule has 3 N–H and O–H groups in total. The fraction of sp³-hybridized carbons (Fsp3) is 0.429. The van der Waals surface area contributed by atoms with Gasteiger partial charge in [-0.3, -0.25) is 4.79 Å². The van der Waals surface area contributed by atoms with Crippen LogP contribution in [0.1, 0.15) is 29.3 Å². The van der Waals surface area contributed by atoms with Crippen LogP contribution in [0.5, 0.6) is 0 Å². The van der Waals surface area contributed by atoms with E-state index >= 15 is 0 Å². The zero-order valence-corrected chi connectivity index (χ0v) is 10.8. The molecule has 102 valence electrons. The summed E-state index contributed by atoms with van der Waals surface area (Å²) in [5, 5.41) is 14.9. The van der Waals surface area contributed by atoms with Crippen molar-refractivity contribution in [3.8, 4) is 0 Å². The van der Waals surface area contributed by atoms with Crippen molar-refractivity contribution in [1.82, 2.24) is 10.6 Å². The van der Waals surface area contributed by atoms with E-state index in [1.807, 2.05) is 6.92 Å². The van der Waals surface area contributed by atoms with Crippen molar-refractivity contribution < 1.29 is 14.7 Å². The number of hydrogen-bond acceptors (Lipinski definition) is 3. The third-order valence-corrected chi connectivity index (χ3v) is 3.53. The second-order valence-electron chi connectivity index (χ2n) is 4.86. The quantitative estimate of drug-likeness (QED) is 0.756. The van der Waals surface area contributed by atoms with Gasteiger partial charge in [-0.25, -0.2) is 4.79 Å². The highest BCUT2D eigenvalue weighted by molar-refractivity contribution is 5.87. The van der Waals surface area contributed by atoms with Gasteiger partial charge in [0.1, 0.15) is 0 Å². The van der Waals surface area contributed by atoms with Crippen molar-refractivity contribution in [2.24, 2.45) is 5.92 Å². The van der Waals surface area contributed by atoms with Crippen LogP contribution >= 0.6 is 0 Å². The van der Waals surface area contributed by atoms with Crippen LogP contribution in [-0.2, 0) is 11.3 Å². The summed E-state index contributed by atoms with van der Waals surface area (Å²) in [7, 11) is 0. The highest BCUT2D eigenvalue weighted by Gasteiger charge is 2.28. The molecule has 5 heteroatoms. The number of benzene rings is 1. The Morgan fingerprint density at radius 2 is 2.05 bits per heavy atom. The van der Waals surface area contributed by atoms with Crippen molar-refractivity contribution in [3.05, 3.63) is 35.4 Å². The number of amides is 1. The maximum absolute atomic E-state index is 12.0. The topological polar surface area (TPSA) is 78.4 Å². The first kappa shape index (κ1) is 13.5. The second kappa shape index (κ2) is 5.84. The van der Waals surface area contributed by atoms with Gasteiger partial charge in [0, 0.05) is 12.6 Å². The predicted molar refractivity (Wildman–Crippen MR) is 70.8 cm³/mol. The van der Waals surface area contributed by atoms with Crippen molar-refractivity contribution in [2.45, 2.75) is 25.9 Å². The van der Waals surface area contributed by atoms with E-state index in [2.05, 4.69) is 10.6 Å². The molecule has 1 fully saturated rings. The van der Waals surface area contributed by atoms with E-state index in [-0.39, 0.29) is 23.4 Å². The summed E-state index contributed by atoms with van der Waals surface area (Å²) < 4.78 is 0. The van der Waals surface area contributed by atoms with Crippen LogP contribution in [0, 0.1) is 5.92 Å². The van der Waals surface area contributed by atoms with Crippen molar-refractivity contribution in [3.63, 3.8) is 0 Å². The van der Waals surface area contributed by atoms with E-state index in [4.69, 9.17) is 5.11 Å². The van der Waals surface area contributed by atoms with Gasteiger partial charge in [-0.1, -0.05) is 12.1 Å². The number of carbonyl (C=O) groups excluding carboxylic acids is 1. The van der Waals surface area contributed by atoms with E-state index in [1.165, 1.54) is 0 Å². The summed E-state index contributed by atoms with van der Waals surface area (Å²) >= 11 is 0. The number of carboxylic acids is 1. The number of nitrogens with one attached hydrogen (secondary N) is 2. The van der Waals surface area contributed by atoms with Gasteiger partial charge in [0.15, 0.2) is 0 Å². The van der Waals surface area contributed by atoms with E-state index in [9.17, 15) is 9.59 Å². The molecule has 0 spiro atoms. The van der Waals surface area contributed by atoms with Crippen LogP contribution in [0.3, 0.4) is 0 Å². The fourth-order valence-electron chi connectivity index (χ4n) is 2.30. The lowest BCUT2D eigenvalue weighted by molar-refractivity contribution is -0.125. The lowest BCUT2D eigenvalue weighted by Gasteiger charge is -2.14. The van der Waals surface area contributed by atoms with Gasteiger partial charge in [-0.2, -0.15) is 0 Å². The molecule has 0 bridgehead atoms. The number of carboxylic acid groups (broad SMARTS) is 1. The summed E-state index contributed by atoms with van der Waals surface area (Å²) in [6.45, 7) is 3.33. The molecule has 1 aromatic rings. The molecular weight excluding hydrogens is 244 g/mol. The minimum absolute atomic E-state index is 0.0262. The Balaban J connectivity index is 1.88. The van der Waals surface area contributed by atoms with Gasteiger partial charge >= 0.3 is 5.97 Å². The van der Waals surface area contributed by atoms with Crippen molar-refractivity contribution in [2.75, 3.05) is 6.54 Å². The van der Waals surface area contributed by atoms with Gasteiger partial charge in [0.05, 0.1) is 11.5 Å². The minimum atomic E-state index is -0.943. The van der Waals surface area contributed by atoms with Gasteiger partial charge in [0.25, 0.3) is 0 Å². The highest BCUT2D eigenvalue weighted by atomic mass is 16.4. The molecule has 1 aliphatic rings. The molecule has 1 heterocycles. The summed E-state index contributed by atoms with van der Waals surface area (Å²) in [6.07, 6.45) is 0.866. The molecule has 0 radical (unpaired) electrons. The number of carbonyl (C=O) groups is 2. The van der Waals surface area contributed by atoms with Crippen LogP contribution < -0.4 is 10.6 Å². The Morgan fingerprint density at radius 1 is 1.37 bits per heavy atom. The van der Waals surface area contributed by atoms with Gasteiger partial charge < -0.3 is 15.7 Å². The van der Waals surface area contributed by atoms with Crippen LogP contribution in [0.15, 0.2) is 24.3 Å². The first-order valence-corrected chi connectivity index (χ1v) is 6.41. The van der Waals surface area contributed by atoms with E-state index in [0.29, 0.717) is 6.54 Å². The normalized spacial score (nSPS) is 22.2. The van der Waals surface area contributed by atoms with E-state index in [0.717, 1.165) is 18.5 Å². The number of hydrogen-bond donors (Lipinski definition) is 3. The van der Waals surface area contributed by atoms with Crippen molar-refractivity contribution >= 4 is 11.9 Å². The number of aromatic carboxylic acids is 1. The first-order valence-electron chi connectivity index (χ1n) is 6.41. The van der Waals surface area contributed by atoms with E-state index in [1.54, 1.807) is 24.3 Å². The molecule has 5 nitrogen and oxygen atoms in total. The molecule has 0 aromatic heterocycles. The summed E-state index contributed by atoms with van der Waals surface area (Å²) in [6, 6.07) is 6.75. The maximum Gasteiger partial charge on any atom is 0.335 e. The van der Waals surface area contributed by atoms with Crippen LogP contribution in [-0.4, -0.2) is 29.6 Å². The lowest BCUT2D eigenvalue weighted by atomic mass is 10.0. The zero-order valence-electron chi connectivity index (χ0n) is 10.8. The van der Waals surface area contributed by atoms with Crippen LogP contribution in [0.2, 0.25) is 0 Å². The van der Waals surface area contributed by atoms with Crippen LogP contribution in [0.25, 0.3) is 0 Å². The molecule has 2 atom stereocenters. The summed E-state index contributed by atoms with van der Waals surface area (Å²) in [4.78, 5) is 22.7. The maximum atomic E-state index is 12.0. The predicted octanol–water partition coefficient (Wildman–Crippen LogP) is 0.999. The van der Waals surface area contributed by atoms with Crippen LogP contribution in [0.4, 0.5) is 0 Å². The van der Waals surface area contributed by atoms with Gasteiger partial charge in [-0.05, 0) is 37.6 Å².